The molecule has 0 amide bonds. The van der Waals surface area contributed by atoms with Gasteiger partial charge in [-0.2, -0.15) is 0 Å². The van der Waals surface area contributed by atoms with Crippen LogP contribution < -0.4 is 9.47 Å². The molecule has 0 radical (unpaired) electrons. The molecule has 0 aliphatic carbocycles. The summed E-state index contributed by atoms with van der Waals surface area (Å²) in [6.45, 7) is 0.438. The van der Waals surface area contributed by atoms with E-state index in [2.05, 4.69) is 15.9 Å². The van der Waals surface area contributed by atoms with E-state index in [0.29, 0.717) is 10.8 Å². The number of nitrogens with zero attached hydrogens (tertiary/aromatic N) is 1. The van der Waals surface area contributed by atoms with E-state index in [0.717, 1.165) is 4.47 Å². The summed E-state index contributed by atoms with van der Waals surface area (Å²) in [6.07, 6.45) is 0. The lowest BCUT2D eigenvalue weighted by Gasteiger charge is -2.09. The highest BCUT2D eigenvalue weighted by Crippen LogP contribution is 2.29. The summed E-state index contributed by atoms with van der Waals surface area (Å²) >= 11 is 9.15. The van der Waals surface area contributed by atoms with Gasteiger partial charge in [0.15, 0.2) is 5.75 Å². The van der Waals surface area contributed by atoms with E-state index >= 15 is 0 Å². The molecule has 0 spiro atoms. The lowest BCUT2D eigenvalue weighted by Crippen LogP contribution is -2.09. The molecular formula is C14H11BrClNO4. The summed E-state index contributed by atoms with van der Waals surface area (Å²) in [5.41, 5.74) is -0.123. The molecule has 2 aromatic carbocycles. The van der Waals surface area contributed by atoms with Crippen LogP contribution in [0.15, 0.2) is 46.9 Å². The van der Waals surface area contributed by atoms with E-state index < -0.39 is 4.92 Å². The number of halogens is 2. The van der Waals surface area contributed by atoms with Crippen molar-refractivity contribution in [3.8, 4) is 11.5 Å². The maximum atomic E-state index is 10.9. The van der Waals surface area contributed by atoms with Gasteiger partial charge in [0.05, 0.1) is 4.92 Å². The third-order valence-corrected chi connectivity index (χ3v) is 3.25. The lowest BCUT2D eigenvalue weighted by molar-refractivity contribution is -0.385. The molecule has 0 unspecified atom stereocenters. The first-order valence-electron chi connectivity index (χ1n) is 6.01. The topological polar surface area (TPSA) is 61.6 Å². The van der Waals surface area contributed by atoms with Crippen molar-refractivity contribution in [1.29, 1.82) is 0 Å². The normalized spacial score (nSPS) is 10.2. The van der Waals surface area contributed by atoms with Crippen molar-refractivity contribution in [2.24, 2.45) is 0 Å². The minimum atomic E-state index is -0.513. The van der Waals surface area contributed by atoms with Gasteiger partial charge in [0.1, 0.15) is 19.0 Å². The number of hydrogen-bond acceptors (Lipinski definition) is 4. The van der Waals surface area contributed by atoms with Gasteiger partial charge in [0, 0.05) is 21.6 Å². The Hall–Kier alpha value is -1.79. The van der Waals surface area contributed by atoms with Crippen LogP contribution in [-0.4, -0.2) is 18.1 Å². The molecule has 0 bridgehead atoms. The maximum Gasteiger partial charge on any atom is 0.311 e. The Morgan fingerprint density at radius 3 is 2.62 bits per heavy atom. The monoisotopic (exact) mass is 371 g/mol. The van der Waals surface area contributed by atoms with Crippen molar-refractivity contribution in [2.75, 3.05) is 13.2 Å². The summed E-state index contributed by atoms with van der Waals surface area (Å²) in [4.78, 5) is 10.4. The zero-order valence-corrected chi connectivity index (χ0v) is 13.1. The minimum Gasteiger partial charge on any atom is -0.490 e. The summed E-state index contributed by atoms with van der Waals surface area (Å²) in [7, 11) is 0. The van der Waals surface area contributed by atoms with E-state index in [1.165, 1.54) is 18.2 Å². The van der Waals surface area contributed by atoms with Crippen molar-refractivity contribution in [3.05, 3.63) is 62.1 Å². The molecule has 0 fully saturated rings. The first-order chi connectivity index (χ1) is 10.1. The Bertz CT molecular complexity index is 651. The first-order valence-corrected chi connectivity index (χ1v) is 7.18. The Morgan fingerprint density at radius 2 is 1.90 bits per heavy atom. The molecule has 7 heteroatoms. The third kappa shape index (κ3) is 4.61. The largest absolute Gasteiger partial charge is 0.490 e. The highest BCUT2D eigenvalue weighted by Gasteiger charge is 2.15. The van der Waals surface area contributed by atoms with Crippen LogP contribution in [0, 0.1) is 10.1 Å². The number of rotatable bonds is 6. The molecule has 0 aliphatic rings. The fraction of sp³-hybridized carbons (Fsp3) is 0.143. The van der Waals surface area contributed by atoms with Crippen molar-refractivity contribution < 1.29 is 14.4 Å². The van der Waals surface area contributed by atoms with E-state index in [1.54, 1.807) is 0 Å². The van der Waals surface area contributed by atoms with Crippen LogP contribution in [0.2, 0.25) is 5.02 Å². The van der Waals surface area contributed by atoms with Crippen LogP contribution in [-0.2, 0) is 0 Å². The van der Waals surface area contributed by atoms with Crippen LogP contribution in [0.25, 0.3) is 0 Å². The minimum absolute atomic E-state index is 0.123. The second-order valence-corrected chi connectivity index (χ2v) is 5.38. The highest BCUT2D eigenvalue weighted by atomic mass is 79.9. The Labute approximate surface area is 134 Å². The molecule has 2 aromatic rings. The molecule has 110 valence electrons. The standard InChI is InChI=1S/C14H11BrClNO4/c15-10-2-1-3-12(8-10)20-6-7-21-14-9-11(16)4-5-13(14)17(18)19/h1-5,8-9H,6-7H2. The molecule has 21 heavy (non-hydrogen) atoms. The van der Waals surface area contributed by atoms with Gasteiger partial charge in [-0.15, -0.1) is 0 Å². The Morgan fingerprint density at radius 1 is 1.14 bits per heavy atom. The van der Waals surface area contributed by atoms with E-state index in [-0.39, 0.29) is 24.7 Å². The van der Waals surface area contributed by atoms with Crippen molar-refractivity contribution in [3.63, 3.8) is 0 Å². The summed E-state index contributed by atoms with van der Waals surface area (Å²) in [5.74, 6) is 0.818. The van der Waals surface area contributed by atoms with Gasteiger partial charge in [0.25, 0.3) is 0 Å². The molecule has 0 saturated carbocycles. The summed E-state index contributed by atoms with van der Waals surface area (Å²) < 4.78 is 11.8. The molecule has 0 aliphatic heterocycles. The van der Waals surface area contributed by atoms with E-state index in [1.807, 2.05) is 24.3 Å². The molecule has 0 aromatic heterocycles. The maximum absolute atomic E-state index is 10.9. The van der Waals surface area contributed by atoms with Crippen LogP contribution in [0.1, 0.15) is 0 Å². The van der Waals surface area contributed by atoms with Gasteiger partial charge in [-0.1, -0.05) is 33.6 Å². The SMILES string of the molecule is O=[N+]([O-])c1ccc(Cl)cc1OCCOc1cccc(Br)c1. The smallest absolute Gasteiger partial charge is 0.311 e. The fourth-order valence-corrected chi connectivity index (χ4v) is 2.16. The van der Waals surface area contributed by atoms with Crippen LogP contribution in [0.5, 0.6) is 11.5 Å². The van der Waals surface area contributed by atoms with Gasteiger partial charge in [0.2, 0.25) is 0 Å². The summed E-state index contributed by atoms with van der Waals surface area (Å²) in [6, 6.07) is 11.5. The van der Waals surface area contributed by atoms with Gasteiger partial charge in [-0.3, -0.25) is 10.1 Å². The molecule has 0 N–H and O–H groups in total. The van der Waals surface area contributed by atoms with Crippen molar-refractivity contribution >= 4 is 33.2 Å². The number of nitro groups is 1. The zero-order chi connectivity index (χ0) is 15.2. The lowest BCUT2D eigenvalue weighted by atomic mass is 10.3. The van der Waals surface area contributed by atoms with Crippen LogP contribution >= 0.6 is 27.5 Å². The van der Waals surface area contributed by atoms with Crippen LogP contribution in [0.3, 0.4) is 0 Å². The second kappa shape index (κ2) is 7.28. The molecule has 5 nitrogen and oxygen atoms in total. The predicted molar refractivity (Wildman–Crippen MR) is 83.2 cm³/mol. The van der Waals surface area contributed by atoms with Gasteiger partial charge >= 0.3 is 5.69 Å². The van der Waals surface area contributed by atoms with Crippen LogP contribution in [0.4, 0.5) is 5.69 Å². The quantitative estimate of drug-likeness (QED) is 0.426. The van der Waals surface area contributed by atoms with Crippen molar-refractivity contribution in [1.82, 2.24) is 0 Å². The third-order valence-electron chi connectivity index (χ3n) is 2.52. The van der Waals surface area contributed by atoms with Gasteiger partial charge in [-0.05, 0) is 24.3 Å². The Balaban J connectivity index is 1.91. The van der Waals surface area contributed by atoms with E-state index in [4.69, 9.17) is 21.1 Å². The van der Waals surface area contributed by atoms with Crippen molar-refractivity contribution in [2.45, 2.75) is 0 Å². The first kappa shape index (κ1) is 15.6. The van der Waals surface area contributed by atoms with Gasteiger partial charge in [-0.25, -0.2) is 0 Å². The second-order valence-electron chi connectivity index (χ2n) is 4.02. The predicted octanol–water partition coefficient (Wildman–Crippen LogP) is 4.47. The number of benzene rings is 2. The average molecular weight is 373 g/mol. The fourth-order valence-electron chi connectivity index (χ4n) is 1.62. The zero-order valence-electron chi connectivity index (χ0n) is 10.8. The molecule has 0 heterocycles. The average Bonchev–Trinajstić information content (AvgIpc) is 2.43. The highest BCUT2D eigenvalue weighted by molar-refractivity contribution is 9.10. The molecule has 2 rings (SSSR count). The summed E-state index contributed by atoms with van der Waals surface area (Å²) in [5, 5.41) is 11.2. The molecule has 0 atom stereocenters. The number of ether oxygens (including phenoxy) is 2. The number of hydrogen-bond donors (Lipinski definition) is 0. The van der Waals surface area contributed by atoms with E-state index in [9.17, 15) is 10.1 Å². The number of nitro benzene ring substituents is 1. The molecule has 0 saturated heterocycles. The Kier molecular flexibility index (Phi) is 5.41. The van der Waals surface area contributed by atoms with Gasteiger partial charge < -0.3 is 9.47 Å². The molecular weight excluding hydrogens is 362 g/mol.